The molecule has 2 rings (SSSR count). The Labute approximate surface area is 103 Å². The van der Waals surface area contributed by atoms with Gasteiger partial charge in [0, 0.05) is 23.7 Å². The van der Waals surface area contributed by atoms with Crippen LogP contribution in [0.1, 0.15) is 25.7 Å². The highest BCUT2D eigenvalue weighted by Gasteiger charge is 2.12. The molecule has 0 radical (unpaired) electrons. The van der Waals surface area contributed by atoms with Crippen molar-refractivity contribution < 1.29 is 13.9 Å². The number of nitrogens with zero attached hydrogens (tertiary/aromatic N) is 3. The number of nitrogens with two attached hydrogens (primary N) is 1. The molecule has 0 saturated heterocycles. The van der Waals surface area contributed by atoms with Crippen LogP contribution in [0.3, 0.4) is 0 Å². The maximum absolute atomic E-state index is 10.6. The van der Waals surface area contributed by atoms with Crippen molar-refractivity contribution >= 4 is 6.09 Å². The number of hydrogen-bond donors (Lipinski definition) is 1. The molecule has 0 aliphatic carbocycles. The van der Waals surface area contributed by atoms with Crippen LogP contribution in [-0.4, -0.2) is 21.3 Å². The van der Waals surface area contributed by atoms with E-state index in [0.29, 0.717) is 17.3 Å². The Hall–Kier alpha value is -2.44. The fourth-order valence-electron chi connectivity index (χ4n) is 1.29. The van der Waals surface area contributed by atoms with Crippen molar-refractivity contribution in [2.75, 3.05) is 0 Å². The summed E-state index contributed by atoms with van der Waals surface area (Å²) in [6.45, 7) is 3.90. The van der Waals surface area contributed by atoms with Crippen LogP contribution in [0.5, 0.6) is 5.88 Å². The van der Waals surface area contributed by atoms with E-state index in [-0.39, 0.29) is 11.8 Å². The van der Waals surface area contributed by atoms with E-state index in [4.69, 9.17) is 10.2 Å². The van der Waals surface area contributed by atoms with Gasteiger partial charge in [-0.25, -0.2) is 9.78 Å². The first-order valence-electron chi connectivity index (χ1n) is 5.33. The molecule has 0 fully saturated rings. The highest BCUT2D eigenvalue weighted by atomic mass is 16.6. The molecule has 0 bridgehead atoms. The van der Waals surface area contributed by atoms with E-state index in [9.17, 15) is 4.79 Å². The van der Waals surface area contributed by atoms with Crippen molar-refractivity contribution in [2.45, 2.75) is 19.8 Å². The lowest BCUT2D eigenvalue weighted by Crippen LogP contribution is -2.16. The monoisotopic (exact) mass is 248 g/mol. The molecule has 7 heteroatoms. The third-order valence-electron chi connectivity index (χ3n) is 2.12. The van der Waals surface area contributed by atoms with Crippen LogP contribution in [0.25, 0.3) is 11.5 Å². The van der Waals surface area contributed by atoms with Gasteiger partial charge in [0.2, 0.25) is 17.7 Å². The van der Waals surface area contributed by atoms with E-state index in [0.717, 1.165) is 0 Å². The fraction of sp³-hybridized carbons (Fsp3) is 0.273. The molecule has 0 saturated carbocycles. The highest BCUT2D eigenvalue weighted by Crippen LogP contribution is 2.23. The average molecular weight is 248 g/mol. The number of amides is 1. The Morgan fingerprint density at radius 1 is 1.44 bits per heavy atom. The van der Waals surface area contributed by atoms with Gasteiger partial charge in [0.1, 0.15) is 0 Å². The summed E-state index contributed by atoms with van der Waals surface area (Å²) >= 11 is 0. The minimum absolute atomic E-state index is 0.0873. The second kappa shape index (κ2) is 4.82. The van der Waals surface area contributed by atoms with Gasteiger partial charge in [-0.15, -0.1) is 10.2 Å². The third-order valence-corrected chi connectivity index (χ3v) is 2.12. The number of carbonyl (C=O) groups is 1. The lowest BCUT2D eigenvalue weighted by molar-refractivity contribution is 0.209. The van der Waals surface area contributed by atoms with Gasteiger partial charge in [-0.05, 0) is 6.07 Å². The molecule has 1 amide bonds. The quantitative estimate of drug-likeness (QED) is 0.886. The van der Waals surface area contributed by atoms with Gasteiger partial charge in [0.25, 0.3) is 0 Å². The first-order chi connectivity index (χ1) is 8.56. The zero-order valence-corrected chi connectivity index (χ0v) is 9.95. The second-order valence-electron chi connectivity index (χ2n) is 3.90. The van der Waals surface area contributed by atoms with Crippen LogP contribution in [0, 0.1) is 0 Å². The standard InChI is InChI=1S/C11H12N4O3/c1-6(2)9-14-15-10(18-9)7-3-4-13-8(5-7)17-11(12)16/h3-6H,1-2H3,(H2,12,16). The SMILES string of the molecule is CC(C)c1nnc(-c2ccnc(OC(N)=O)c2)o1. The summed E-state index contributed by atoms with van der Waals surface area (Å²) in [5, 5.41) is 7.82. The summed E-state index contributed by atoms with van der Waals surface area (Å²) in [4.78, 5) is 14.5. The van der Waals surface area contributed by atoms with Gasteiger partial charge in [-0.3, -0.25) is 0 Å². The fourth-order valence-corrected chi connectivity index (χ4v) is 1.29. The largest absolute Gasteiger partial charge is 0.420 e. The summed E-state index contributed by atoms with van der Waals surface area (Å²) in [6, 6.07) is 3.17. The Morgan fingerprint density at radius 3 is 2.83 bits per heavy atom. The lowest BCUT2D eigenvalue weighted by atomic mass is 10.2. The Kier molecular flexibility index (Phi) is 3.22. The van der Waals surface area contributed by atoms with Gasteiger partial charge in [-0.1, -0.05) is 13.8 Å². The molecule has 18 heavy (non-hydrogen) atoms. The van der Waals surface area contributed by atoms with Crippen molar-refractivity contribution in [2.24, 2.45) is 5.73 Å². The van der Waals surface area contributed by atoms with Crippen LogP contribution >= 0.6 is 0 Å². The number of primary amides is 1. The number of ether oxygens (including phenoxy) is 1. The zero-order chi connectivity index (χ0) is 13.1. The Morgan fingerprint density at radius 2 is 2.22 bits per heavy atom. The second-order valence-corrected chi connectivity index (χ2v) is 3.90. The summed E-state index contributed by atoms with van der Waals surface area (Å²) in [6.07, 6.45) is 0.542. The molecule has 0 aromatic carbocycles. The number of carbonyl (C=O) groups excluding carboxylic acids is 1. The van der Waals surface area contributed by atoms with Crippen molar-refractivity contribution in [3.05, 3.63) is 24.2 Å². The predicted molar refractivity (Wildman–Crippen MR) is 61.8 cm³/mol. The lowest BCUT2D eigenvalue weighted by Gasteiger charge is -2.00. The summed E-state index contributed by atoms with van der Waals surface area (Å²) in [5.41, 5.74) is 5.52. The molecular formula is C11H12N4O3. The molecular weight excluding hydrogens is 236 g/mol. The van der Waals surface area contributed by atoms with Crippen LogP contribution in [0.2, 0.25) is 0 Å². The smallest absolute Gasteiger partial charge is 0.411 e. The van der Waals surface area contributed by atoms with E-state index in [1.54, 1.807) is 6.07 Å². The molecule has 0 unspecified atom stereocenters. The molecule has 7 nitrogen and oxygen atoms in total. The molecule has 2 heterocycles. The summed E-state index contributed by atoms with van der Waals surface area (Å²) < 4.78 is 10.1. The van der Waals surface area contributed by atoms with Gasteiger partial charge >= 0.3 is 6.09 Å². The highest BCUT2D eigenvalue weighted by molar-refractivity contribution is 5.68. The van der Waals surface area contributed by atoms with E-state index in [1.165, 1.54) is 12.3 Å². The maximum atomic E-state index is 10.6. The normalized spacial score (nSPS) is 10.6. The predicted octanol–water partition coefficient (Wildman–Crippen LogP) is 1.71. The van der Waals surface area contributed by atoms with Crippen LogP contribution in [0.15, 0.2) is 22.7 Å². The van der Waals surface area contributed by atoms with Gasteiger partial charge in [-0.2, -0.15) is 0 Å². The Balaban J connectivity index is 2.29. The van der Waals surface area contributed by atoms with E-state index >= 15 is 0 Å². The first kappa shape index (κ1) is 12.0. The molecule has 0 atom stereocenters. The van der Waals surface area contributed by atoms with Crippen LogP contribution in [-0.2, 0) is 0 Å². The van der Waals surface area contributed by atoms with E-state index < -0.39 is 6.09 Å². The van der Waals surface area contributed by atoms with Crippen molar-refractivity contribution in [1.29, 1.82) is 0 Å². The number of aromatic nitrogens is 3. The van der Waals surface area contributed by atoms with Crippen molar-refractivity contribution in [1.82, 2.24) is 15.2 Å². The van der Waals surface area contributed by atoms with Crippen LogP contribution < -0.4 is 10.5 Å². The molecule has 2 aromatic heterocycles. The molecule has 0 aliphatic heterocycles. The number of rotatable bonds is 3. The van der Waals surface area contributed by atoms with Gasteiger partial charge in [0.05, 0.1) is 0 Å². The van der Waals surface area contributed by atoms with Gasteiger partial charge < -0.3 is 14.9 Å². The molecule has 0 spiro atoms. The summed E-state index contributed by atoms with van der Waals surface area (Å²) in [5.74, 6) is 1.12. The molecule has 2 N–H and O–H groups in total. The van der Waals surface area contributed by atoms with Crippen molar-refractivity contribution in [3.8, 4) is 17.3 Å². The molecule has 0 aliphatic rings. The average Bonchev–Trinajstić information content (AvgIpc) is 2.77. The zero-order valence-electron chi connectivity index (χ0n) is 9.95. The minimum Gasteiger partial charge on any atom is -0.420 e. The third kappa shape index (κ3) is 2.62. The summed E-state index contributed by atoms with van der Waals surface area (Å²) in [7, 11) is 0. The first-order valence-corrected chi connectivity index (χ1v) is 5.33. The van der Waals surface area contributed by atoms with Gasteiger partial charge in [0.15, 0.2) is 0 Å². The molecule has 94 valence electrons. The van der Waals surface area contributed by atoms with Crippen molar-refractivity contribution in [3.63, 3.8) is 0 Å². The maximum Gasteiger partial charge on any atom is 0.411 e. The topological polar surface area (TPSA) is 104 Å². The minimum atomic E-state index is -0.923. The van der Waals surface area contributed by atoms with E-state index in [1.807, 2.05) is 13.8 Å². The Bertz CT molecular complexity index is 565. The number of hydrogen-bond acceptors (Lipinski definition) is 6. The van der Waals surface area contributed by atoms with E-state index in [2.05, 4.69) is 19.9 Å². The van der Waals surface area contributed by atoms with Crippen LogP contribution in [0.4, 0.5) is 4.79 Å². The molecule has 2 aromatic rings. The number of pyridine rings is 1.